The molecule has 1 amide bonds. The van der Waals surface area contributed by atoms with Gasteiger partial charge in [-0.1, -0.05) is 12.1 Å². The average Bonchev–Trinajstić information content (AvgIpc) is 2.86. The summed E-state index contributed by atoms with van der Waals surface area (Å²) in [6.45, 7) is 6.12. The fourth-order valence-corrected chi connectivity index (χ4v) is 2.45. The molecule has 2 rings (SSSR count). The lowest BCUT2D eigenvalue weighted by atomic mass is 10.1. The van der Waals surface area contributed by atoms with Crippen molar-refractivity contribution in [2.75, 3.05) is 13.7 Å². The fourth-order valence-electron chi connectivity index (χ4n) is 2.45. The number of benzene rings is 1. The molecule has 0 fully saturated rings. The molecule has 1 aromatic heterocycles. The summed E-state index contributed by atoms with van der Waals surface area (Å²) in [5.74, 6) is -0.220. The van der Waals surface area contributed by atoms with E-state index in [-0.39, 0.29) is 43.4 Å². The Morgan fingerprint density at radius 2 is 1.88 bits per heavy atom. The van der Waals surface area contributed by atoms with Crippen molar-refractivity contribution in [1.82, 2.24) is 15.1 Å². The maximum absolute atomic E-state index is 11.9. The summed E-state index contributed by atoms with van der Waals surface area (Å²) in [4.78, 5) is 11.9. The number of nitrogens with zero attached hydrogens (tertiary/aromatic N) is 2. The van der Waals surface area contributed by atoms with Gasteiger partial charge in [-0.15, -0.1) is 24.8 Å². The summed E-state index contributed by atoms with van der Waals surface area (Å²) < 4.78 is 6.79. The molecule has 0 radical (unpaired) electrons. The van der Waals surface area contributed by atoms with E-state index < -0.39 is 6.04 Å². The smallest absolute Gasteiger partial charge is 0.239 e. The number of hydrogen-bond acceptors (Lipinski definition) is 4. The van der Waals surface area contributed by atoms with Gasteiger partial charge in [0.05, 0.1) is 24.0 Å². The van der Waals surface area contributed by atoms with Crippen molar-refractivity contribution in [3.05, 3.63) is 47.3 Å². The van der Waals surface area contributed by atoms with Crippen LogP contribution in [0.25, 0.3) is 5.69 Å². The van der Waals surface area contributed by atoms with Gasteiger partial charge in [0.2, 0.25) is 5.91 Å². The zero-order chi connectivity index (χ0) is 17.0. The van der Waals surface area contributed by atoms with Crippen molar-refractivity contribution in [1.29, 1.82) is 0 Å². The predicted molar refractivity (Wildman–Crippen MR) is 104 cm³/mol. The molecule has 1 aromatic carbocycles. The summed E-state index contributed by atoms with van der Waals surface area (Å²) >= 11 is 0. The van der Waals surface area contributed by atoms with Crippen molar-refractivity contribution in [3.8, 4) is 5.69 Å². The molecular formula is C17H26Cl2N4O2. The summed E-state index contributed by atoms with van der Waals surface area (Å²) in [5, 5.41) is 7.35. The molecule has 0 saturated heterocycles. The van der Waals surface area contributed by atoms with Gasteiger partial charge in [-0.25, -0.2) is 4.68 Å². The van der Waals surface area contributed by atoms with Crippen LogP contribution in [0.3, 0.4) is 0 Å². The van der Waals surface area contributed by atoms with E-state index in [1.54, 1.807) is 0 Å². The Balaban J connectivity index is 0.00000288. The molecule has 0 aliphatic carbocycles. The normalized spacial score (nSPS) is 12.5. The van der Waals surface area contributed by atoms with Crippen molar-refractivity contribution < 1.29 is 9.53 Å². The van der Waals surface area contributed by atoms with Gasteiger partial charge in [0.25, 0.3) is 0 Å². The lowest BCUT2D eigenvalue weighted by Crippen LogP contribution is -2.44. The minimum Gasteiger partial charge on any atom is -0.383 e. The van der Waals surface area contributed by atoms with E-state index in [9.17, 15) is 4.79 Å². The molecule has 8 heteroatoms. The lowest BCUT2D eigenvalue weighted by molar-refractivity contribution is -0.124. The number of methoxy groups -OCH3 is 1. The number of amides is 1. The third kappa shape index (κ3) is 6.01. The van der Waals surface area contributed by atoms with Gasteiger partial charge in [0.15, 0.2) is 0 Å². The van der Waals surface area contributed by atoms with E-state index in [1.807, 2.05) is 55.8 Å². The van der Waals surface area contributed by atoms with Crippen LogP contribution in [0.1, 0.15) is 29.9 Å². The van der Waals surface area contributed by atoms with Gasteiger partial charge >= 0.3 is 0 Å². The van der Waals surface area contributed by atoms with Gasteiger partial charge in [-0.05, 0) is 44.5 Å². The van der Waals surface area contributed by atoms with Crippen molar-refractivity contribution in [2.24, 2.45) is 5.73 Å². The van der Waals surface area contributed by atoms with E-state index in [0.717, 1.165) is 22.6 Å². The van der Waals surface area contributed by atoms with Gasteiger partial charge in [-0.3, -0.25) is 4.79 Å². The third-order valence-corrected chi connectivity index (χ3v) is 3.69. The van der Waals surface area contributed by atoms with Crippen LogP contribution in [-0.4, -0.2) is 35.4 Å². The second kappa shape index (κ2) is 10.4. The fraction of sp³-hybridized carbons (Fsp3) is 0.412. The maximum atomic E-state index is 11.9. The Morgan fingerprint density at radius 1 is 1.28 bits per heavy atom. The molecule has 0 spiro atoms. The summed E-state index contributed by atoms with van der Waals surface area (Å²) in [7, 11) is 1.52. The van der Waals surface area contributed by atoms with E-state index in [1.165, 1.54) is 7.11 Å². The van der Waals surface area contributed by atoms with Crippen LogP contribution in [0, 0.1) is 13.8 Å². The molecule has 2 unspecified atom stereocenters. The van der Waals surface area contributed by atoms with Crippen LogP contribution < -0.4 is 11.1 Å². The Labute approximate surface area is 160 Å². The molecule has 0 saturated carbocycles. The number of aryl methyl sites for hydroxylation is 2. The Bertz CT molecular complexity index is 674. The standard InChI is InChI=1S/C17H24N4O2.2ClH/c1-11-9-12(2)21(20-11)15-7-5-14(6-8-15)13(3)19-17(22)16(18)10-23-4;;/h5-9,13,16H,10,18H2,1-4H3,(H,19,22);2*1H. The first kappa shape index (κ1) is 23.4. The van der Waals surface area contributed by atoms with Crippen molar-refractivity contribution in [3.63, 3.8) is 0 Å². The highest BCUT2D eigenvalue weighted by Gasteiger charge is 2.16. The number of rotatable bonds is 6. The molecule has 3 N–H and O–H groups in total. The van der Waals surface area contributed by atoms with Gasteiger partial charge in [0.1, 0.15) is 6.04 Å². The predicted octanol–water partition coefficient (Wildman–Crippen LogP) is 2.48. The topological polar surface area (TPSA) is 82.2 Å². The number of carbonyl (C=O) groups is 1. The highest BCUT2D eigenvalue weighted by molar-refractivity contribution is 5.85. The Morgan fingerprint density at radius 3 is 2.36 bits per heavy atom. The van der Waals surface area contributed by atoms with E-state index in [2.05, 4.69) is 10.4 Å². The second-order valence-corrected chi connectivity index (χ2v) is 5.72. The SMILES string of the molecule is COCC(N)C(=O)NC(C)c1ccc(-n2nc(C)cc2C)cc1.Cl.Cl. The second-order valence-electron chi connectivity index (χ2n) is 5.72. The van der Waals surface area contributed by atoms with Crippen LogP contribution in [0.15, 0.2) is 30.3 Å². The molecule has 0 aliphatic heterocycles. The number of hydrogen-bond donors (Lipinski definition) is 2. The zero-order valence-corrected chi connectivity index (χ0v) is 16.5. The first-order valence-corrected chi connectivity index (χ1v) is 7.61. The molecule has 2 atom stereocenters. The van der Waals surface area contributed by atoms with Crippen molar-refractivity contribution in [2.45, 2.75) is 32.9 Å². The molecule has 25 heavy (non-hydrogen) atoms. The first-order chi connectivity index (χ1) is 10.9. The Kier molecular flexibility index (Phi) is 9.74. The van der Waals surface area contributed by atoms with E-state index in [4.69, 9.17) is 10.5 Å². The third-order valence-electron chi connectivity index (χ3n) is 3.69. The Hall–Kier alpha value is -1.60. The van der Waals surface area contributed by atoms with E-state index >= 15 is 0 Å². The maximum Gasteiger partial charge on any atom is 0.239 e. The number of nitrogens with two attached hydrogens (primary N) is 1. The molecule has 0 aliphatic rings. The number of carbonyl (C=O) groups excluding carboxylic acids is 1. The number of nitrogens with one attached hydrogen (secondary N) is 1. The number of aromatic nitrogens is 2. The summed E-state index contributed by atoms with van der Waals surface area (Å²) in [5.41, 5.74) is 9.80. The molecule has 0 bridgehead atoms. The number of ether oxygens (including phenoxy) is 1. The summed E-state index contributed by atoms with van der Waals surface area (Å²) in [6, 6.07) is 9.21. The van der Waals surface area contributed by atoms with Crippen LogP contribution in [0.4, 0.5) is 0 Å². The first-order valence-electron chi connectivity index (χ1n) is 7.61. The molecule has 140 valence electrons. The highest BCUT2D eigenvalue weighted by atomic mass is 35.5. The largest absolute Gasteiger partial charge is 0.383 e. The lowest BCUT2D eigenvalue weighted by Gasteiger charge is -2.18. The van der Waals surface area contributed by atoms with Gasteiger partial charge in [-0.2, -0.15) is 5.10 Å². The van der Waals surface area contributed by atoms with E-state index in [0.29, 0.717) is 0 Å². The van der Waals surface area contributed by atoms with Crippen molar-refractivity contribution >= 4 is 30.7 Å². The number of halogens is 2. The summed E-state index contributed by atoms with van der Waals surface area (Å²) in [6.07, 6.45) is 0. The van der Waals surface area contributed by atoms with Crippen LogP contribution in [-0.2, 0) is 9.53 Å². The van der Waals surface area contributed by atoms with Gasteiger partial charge < -0.3 is 15.8 Å². The molecule has 1 heterocycles. The van der Waals surface area contributed by atoms with Crippen LogP contribution in [0.2, 0.25) is 0 Å². The average molecular weight is 389 g/mol. The minimum atomic E-state index is -0.656. The van der Waals surface area contributed by atoms with Crippen LogP contribution >= 0.6 is 24.8 Å². The van der Waals surface area contributed by atoms with Crippen LogP contribution in [0.5, 0.6) is 0 Å². The molecule has 6 nitrogen and oxygen atoms in total. The quantitative estimate of drug-likeness (QED) is 0.795. The molecular weight excluding hydrogens is 363 g/mol. The minimum absolute atomic E-state index is 0. The molecule has 2 aromatic rings. The highest BCUT2D eigenvalue weighted by Crippen LogP contribution is 2.17. The zero-order valence-electron chi connectivity index (χ0n) is 14.9. The monoisotopic (exact) mass is 388 g/mol. The van der Waals surface area contributed by atoms with Gasteiger partial charge in [0, 0.05) is 12.8 Å².